The van der Waals surface area contributed by atoms with Crippen LogP contribution in [0.1, 0.15) is 40.3 Å². The SMILES string of the molecule is Cc1ccc(C(O)c2ccc3c(c2)CCC3)cc1Br. The molecule has 2 heteroatoms. The van der Waals surface area contributed by atoms with Crippen LogP contribution < -0.4 is 0 Å². The van der Waals surface area contributed by atoms with Crippen molar-refractivity contribution in [1.29, 1.82) is 0 Å². The van der Waals surface area contributed by atoms with E-state index in [1.54, 1.807) is 0 Å². The first kappa shape index (κ1) is 12.9. The molecule has 98 valence electrons. The second-order valence-corrected chi connectivity index (χ2v) is 6.15. The summed E-state index contributed by atoms with van der Waals surface area (Å²) in [5.41, 5.74) is 5.97. The molecule has 0 aromatic heterocycles. The zero-order chi connectivity index (χ0) is 13.4. The Hall–Kier alpha value is -1.12. The van der Waals surface area contributed by atoms with Gasteiger partial charge in [0.05, 0.1) is 0 Å². The van der Waals surface area contributed by atoms with Gasteiger partial charge >= 0.3 is 0 Å². The molecule has 1 aliphatic rings. The van der Waals surface area contributed by atoms with Crippen molar-refractivity contribution in [1.82, 2.24) is 0 Å². The fourth-order valence-electron chi connectivity index (χ4n) is 2.73. The van der Waals surface area contributed by atoms with E-state index in [9.17, 15) is 5.11 Å². The molecular weight excluding hydrogens is 300 g/mol. The Morgan fingerprint density at radius 1 is 1.00 bits per heavy atom. The molecule has 1 N–H and O–H groups in total. The summed E-state index contributed by atoms with van der Waals surface area (Å²) < 4.78 is 1.05. The number of fused-ring (bicyclic) bond motifs is 1. The van der Waals surface area contributed by atoms with Crippen molar-refractivity contribution in [2.75, 3.05) is 0 Å². The van der Waals surface area contributed by atoms with Crippen LogP contribution >= 0.6 is 15.9 Å². The summed E-state index contributed by atoms with van der Waals surface area (Å²) in [5.74, 6) is 0. The van der Waals surface area contributed by atoms with Gasteiger partial charge in [-0.15, -0.1) is 0 Å². The second kappa shape index (κ2) is 5.10. The molecule has 1 atom stereocenters. The summed E-state index contributed by atoms with van der Waals surface area (Å²) in [6.45, 7) is 2.05. The third kappa shape index (κ3) is 2.47. The van der Waals surface area contributed by atoms with Gasteiger partial charge in [0.15, 0.2) is 0 Å². The number of aliphatic hydroxyl groups is 1. The van der Waals surface area contributed by atoms with E-state index in [1.165, 1.54) is 29.5 Å². The van der Waals surface area contributed by atoms with Gasteiger partial charge in [0.1, 0.15) is 6.10 Å². The first-order valence-electron chi connectivity index (χ1n) is 6.71. The predicted molar refractivity (Wildman–Crippen MR) is 81.4 cm³/mol. The number of hydrogen-bond acceptors (Lipinski definition) is 1. The standard InChI is InChI=1S/C17H17BrO/c1-11-5-6-15(10-16(11)18)17(19)14-8-7-12-3-2-4-13(12)9-14/h5-10,17,19H,2-4H2,1H3. The van der Waals surface area contributed by atoms with Crippen LogP contribution in [0.25, 0.3) is 0 Å². The highest BCUT2D eigenvalue weighted by atomic mass is 79.9. The summed E-state index contributed by atoms with van der Waals surface area (Å²) in [5, 5.41) is 10.5. The molecule has 0 spiro atoms. The van der Waals surface area contributed by atoms with Crippen molar-refractivity contribution < 1.29 is 5.11 Å². The molecule has 0 saturated heterocycles. The van der Waals surface area contributed by atoms with E-state index in [1.807, 2.05) is 18.2 Å². The lowest BCUT2D eigenvalue weighted by molar-refractivity contribution is 0.220. The maximum Gasteiger partial charge on any atom is 0.104 e. The minimum atomic E-state index is -0.539. The molecule has 3 rings (SSSR count). The number of halogens is 1. The first-order chi connectivity index (χ1) is 9.15. The Kier molecular flexibility index (Phi) is 3.46. The molecule has 1 aliphatic carbocycles. The highest BCUT2D eigenvalue weighted by molar-refractivity contribution is 9.10. The van der Waals surface area contributed by atoms with Crippen molar-refractivity contribution in [2.24, 2.45) is 0 Å². The van der Waals surface area contributed by atoms with Gasteiger partial charge < -0.3 is 5.11 Å². The number of aryl methyl sites for hydroxylation is 3. The van der Waals surface area contributed by atoms with Gasteiger partial charge in [0.25, 0.3) is 0 Å². The molecule has 1 nitrogen and oxygen atoms in total. The Bertz CT molecular complexity index is 619. The topological polar surface area (TPSA) is 20.2 Å². The van der Waals surface area contributed by atoms with E-state index in [0.29, 0.717) is 0 Å². The summed E-state index contributed by atoms with van der Waals surface area (Å²) in [7, 11) is 0. The number of aliphatic hydroxyl groups excluding tert-OH is 1. The minimum Gasteiger partial charge on any atom is -0.384 e. The van der Waals surface area contributed by atoms with E-state index >= 15 is 0 Å². The van der Waals surface area contributed by atoms with Crippen molar-refractivity contribution >= 4 is 15.9 Å². The van der Waals surface area contributed by atoms with Crippen LogP contribution in [-0.2, 0) is 12.8 Å². The number of hydrogen-bond donors (Lipinski definition) is 1. The van der Waals surface area contributed by atoms with Crippen LogP contribution in [-0.4, -0.2) is 5.11 Å². The lowest BCUT2D eigenvalue weighted by Gasteiger charge is -2.14. The first-order valence-corrected chi connectivity index (χ1v) is 7.50. The highest BCUT2D eigenvalue weighted by Crippen LogP contribution is 2.30. The monoisotopic (exact) mass is 316 g/mol. The molecule has 0 fully saturated rings. The quantitative estimate of drug-likeness (QED) is 0.874. The van der Waals surface area contributed by atoms with Crippen LogP contribution in [0, 0.1) is 6.92 Å². The summed E-state index contributed by atoms with van der Waals surface area (Å²) in [6.07, 6.45) is 3.03. The highest BCUT2D eigenvalue weighted by Gasteiger charge is 2.16. The normalized spacial score (nSPS) is 15.3. The van der Waals surface area contributed by atoms with Crippen molar-refractivity contribution in [3.05, 3.63) is 68.7 Å². The van der Waals surface area contributed by atoms with Crippen LogP contribution in [0.15, 0.2) is 40.9 Å². The average Bonchev–Trinajstić information content (AvgIpc) is 2.88. The molecule has 19 heavy (non-hydrogen) atoms. The Balaban J connectivity index is 1.94. The van der Waals surface area contributed by atoms with Gasteiger partial charge in [-0.2, -0.15) is 0 Å². The maximum absolute atomic E-state index is 10.5. The molecule has 2 aromatic carbocycles. The zero-order valence-electron chi connectivity index (χ0n) is 11.0. The lowest BCUT2D eigenvalue weighted by Crippen LogP contribution is -2.01. The van der Waals surface area contributed by atoms with E-state index in [4.69, 9.17) is 0 Å². The molecule has 0 aliphatic heterocycles. The number of rotatable bonds is 2. The van der Waals surface area contributed by atoms with Gasteiger partial charge in [0, 0.05) is 4.47 Å². The van der Waals surface area contributed by atoms with Crippen LogP contribution in [0.5, 0.6) is 0 Å². The summed E-state index contributed by atoms with van der Waals surface area (Å²) >= 11 is 3.53. The van der Waals surface area contributed by atoms with Crippen molar-refractivity contribution in [3.63, 3.8) is 0 Å². The molecule has 1 unspecified atom stereocenters. The molecule has 0 bridgehead atoms. The van der Waals surface area contributed by atoms with Crippen molar-refractivity contribution in [3.8, 4) is 0 Å². The Morgan fingerprint density at radius 3 is 2.47 bits per heavy atom. The average molecular weight is 317 g/mol. The Morgan fingerprint density at radius 2 is 1.68 bits per heavy atom. The zero-order valence-corrected chi connectivity index (χ0v) is 12.6. The molecular formula is C17H17BrO. The van der Waals surface area contributed by atoms with Crippen LogP contribution in [0.3, 0.4) is 0 Å². The van der Waals surface area contributed by atoms with Crippen LogP contribution in [0.4, 0.5) is 0 Å². The molecule has 0 radical (unpaired) electrons. The second-order valence-electron chi connectivity index (χ2n) is 5.29. The third-order valence-corrected chi connectivity index (χ3v) is 4.80. The fourth-order valence-corrected chi connectivity index (χ4v) is 3.13. The van der Waals surface area contributed by atoms with Gasteiger partial charge in [-0.25, -0.2) is 0 Å². The predicted octanol–water partition coefficient (Wildman–Crippen LogP) is 4.33. The molecule has 2 aromatic rings. The summed E-state index contributed by atoms with van der Waals surface area (Å²) in [4.78, 5) is 0. The smallest absolute Gasteiger partial charge is 0.104 e. The molecule has 0 saturated carbocycles. The van der Waals surface area contributed by atoms with E-state index in [-0.39, 0.29) is 0 Å². The maximum atomic E-state index is 10.5. The van der Waals surface area contributed by atoms with Gasteiger partial charge in [-0.3, -0.25) is 0 Å². The van der Waals surface area contributed by atoms with E-state index in [0.717, 1.165) is 22.0 Å². The number of benzene rings is 2. The van der Waals surface area contributed by atoms with E-state index in [2.05, 4.69) is 41.1 Å². The van der Waals surface area contributed by atoms with Crippen molar-refractivity contribution in [2.45, 2.75) is 32.3 Å². The lowest BCUT2D eigenvalue weighted by atomic mass is 9.97. The van der Waals surface area contributed by atoms with E-state index < -0.39 is 6.10 Å². The van der Waals surface area contributed by atoms with Gasteiger partial charge in [0.2, 0.25) is 0 Å². The van der Waals surface area contributed by atoms with Gasteiger partial charge in [-0.05, 0) is 60.1 Å². The largest absolute Gasteiger partial charge is 0.384 e. The van der Waals surface area contributed by atoms with Gasteiger partial charge in [-0.1, -0.05) is 46.3 Å². The summed E-state index contributed by atoms with van der Waals surface area (Å²) in [6, 6.07) is 12.4. The molecule has 0 heterocycles. The third-order valence-electron chi connectivity index (χ3n) is 3.95. The fraction of sp³-hybridized carbons (Fsp3) is 0.294. The minimum absolute atomic E-state index is 0.539. The van der Waals surface area contributed by atoms with Crippen LogP contribution in [0.2, 0.25) is 0 Å². The Labute approximate surface area is 122 Å². The molecule has 0 amide bonds.